The van der Waals surface area contributed by atoms with E-state index in [4.69, 9.17) is 22.1 Å². The number of ether oxygens (including phenoxy) is 1. The molecule has 0 spiro atoms. The number of rotatable bonds is 4. The number of nitrogen functional groups attached to an aromatic ring is 1. The van der Waals surface area contributed by atoms with Gasteiger partial charge in [0, 0.05) is 6.20 Å². The Morgan fingerprint density at radius 3 is 2.75 bits per heavy atom. The van der Waals surface area contributed by atoms with Crippen LogP contribution in [-0.4, -0.2) is 15.5 Å². The molecule has 1 aromatic carbocycles. The van der Waals surface area contributed by atoms with Gasteiger partial charge in [-0.2, -0.15) is 0 Å². The fourth-order valence-corrected chi connectivity index (χ4v) is 1.78. The van der Waals surface area contributed by atoms with Crippen molar-refractivity contribution >= 4 is 23.4 Å². The fraction of sp³-hybridized carbons (Fsp3) is 0.154. The Balaban J connectivity index is 2.00. The van der Waals surface area contributed by atoms with Crippen molar-refractivity contribution in [2.24, 2.45) is 0 Å². The highest BCUT2D eigenvalue weighted by atomic mass is 35.5. The first-order valence-electron chi connectivity index (χ1n) is 5.78. The SMILES string of the molecule is Nc1nc(Cl)cn(CC(=O)OCc2ccccc2)c1=O. The number of nitrogens with zero attached hydrogens (tertiary/aromatic N) is 2. The van der Waals surface area contributed by atoms with Crippen molar-refractivity contribution in [3.8, 4) is 0 Å². The number of nitrogens with two attached hydrogens (primary N) is 1. The van der Waals surface area contributed by atoms with Gasteiger partial charge in [0.1, 0.15) is 18.3 Å². The van der Waals surface area contributed by atoms with Crippen LogP contribution in [0, 0.1) is 0 Å². The van der Waals surface area contributed by atoms with Crippen molar-refractivity contribution in [3.05, 3.63) is 57.6 Å². The number of aromatic nitrogens is 2. The minimum Gasteiger partial charge on any atom is -0.459 e. The fourth-order valence-electron chi connectivity index (χ4n) is 1.57. The Kier molecular flexibility index (Phi) is 4.37. The van der Waals surface area contributed by atoms with Crippen molar-refractivity contribution in [1.82, 2.24) is 9.55 Å². The van der Waals surface area contributed by atoms with Crippen LogP contribution in [-0.2, 0) is 22.7 Å². The molecule has 20 heavy (non-hydrogen) atoms. The van der Waals surface area contributed by atoms with Crippen LogP contribution in [0.3, 0.4) is 0 Å². The molecule has 0 unspecified atom stereocenters. The zero-order valence-corrected chi connectivity index (χ0v) is 11.2. The number of carbonyl (C=O) groups excluding carboxylic acids is 1. The molecular formula is C13H12ClN3O3. The monoisotopic (exact) mass is 293 g/mol. The number of hydrogen-bond acceptors (Lipinski definition) is 5. The van der Waals surface area contributed by atoms with Crippen LogP contribution in [0.15, 0.2) is 41.3 Å². The van der Waals surface area contributed by atoms with E-state index in [1.165, 1.54) is 6.20 Å². The Bertz CT molecular complexity index is 670. The summed E-state index contributed by atoms with van der Waals surface area (Å²) < 4.78 is 6.13. The van der Waals surface area contributed by atoms with Crippen LogP contribution in [0.1, 0.15) is 5.56 Å². The van der Waals surface area contributed by atoms with E-state index in [1.807, 2.05) is 30.3 Å². The highest BCUT2D eigenvalue weighted by Crippen LogP contribution is 2.04. The summed E-state index contributed by atoms with van der Waals surface area (Å²) in [6.45, 7) is -0.124. The molecule has 0 aliphatic rings. The molecule has 0 amide bonds. The molecule has 0 fully saturated rings. The van der Waals surface area contributed by atoms with Crippen molar-refractivity contribution in [2.45, 2.75) is 13.2 Å². The molecule has 0 bridgehead atoms. The second-order valence-corrected chi connectivity index (χ2v) is 4.42. The number of esters is 1. The average molecular weight is 294 g/mol. The number of carbonyl (C=O) groups is 1. The maximum Gasteiger partial charge on any atom is 0.326 e. The lowest BCUT2D eigenvalue weighted by Gasteiger charge is -2.07. The molecule has 0 atom stereocenters. The topological polar surface area (TPSA) is 87.2 Å². The van der Waals surface area contributed by atoms with Gasteiger partial charge in [-0.25, -0.2) is 4.98 Å². The van der Waals surface area contributed by atoms with Crippen LogP contribution in [0.2, 0.25) is 5.15 Å². The molecule has 1 heterocycles. The predicted octanol–water partition coefficient (Wildman–Crippen LogP) is 1.22. The van der Waals surface area contributed by atoms with E-state index >= 15 is 0 Å². The second-order valence-electron chi connectivity index (χ2n) is 4.03. The molecule has 0 aliphatic heterocycles. The minimum atomic E-state index is -0.578. The third-order valence-corrected chi connectivity index (χ3v) is 2.69. The Morgan fingerprint density at radius 2 is 2.05 bits per heavy atom. The van der Waals surface area contributed by atoms with E-state index < -0.39 is 11.5 Å². The second kappa shape index (κ2) is 6.21. The minimum absolute atomic E-state index is 0.0398. The highest BCUT2D eigenvalue weighted by Gasteiger charge is 2.10. The number of hydrogen-bond donors (Lipinski definition) is 1. The quantitative estimate of drug-likeness (QED) is 0.857. The lowest BCUT2D eigenvalue weighted by atomic mass is 10.2. The van der Waals surface area contributed by atoms with Crippen LogP contribution in [0.4, 0.5) is 5.82 Å². The Morgan fingerprint density at radius 1 is 1.35 bits per heavy atom. The first kappa shape index (κ1) is 14.1. The van der Waals surface area contributed by atoms with E-state index in [0.29, 0.717) is 0 Å². The number of anilines is 1. The summed E-state index contributed by atoms with van der Waals surface area (Å²) in [5, 5.41) is 0.0398. The first-order valence-corrected chi connectivity index (χ1v) is 6.16. The summed E-state index contributed by atoms with van der Waals surface area (Å²) in [7, 11) is 0. The third kappa shape index (κ3) is 3.58. The molecule has 0 saturated carbocycles. The van der Waals surface area contributed by atoms with Gasteiger partial charge in [0.15, 0.2) is 5.82 Å². The normalized spacial score (nSPS) is 10.2. The Hall–Kier alpha value is -2.34. The van der Waals surface area contributed by atoms with Gasteiger partial charge in [0.2, 0.25) is 0 Å². The molecule has 104 valence electrons. The van der Waals surface area contributed by atoms with E-state index in [1.54, 1.807) is 0 Å². The van der Waals surface area contributed by atoms with Crippen LogP contribution < -0.4 is 11.3 Å². The maximum atomic E-state index is 11.7. The van der Waals surface area contributed by atoms with Gasteiger partial charge >= 0.3 is 5.97 Å². The van der Waals surface area contributed by atoms with Gasteiger partial charge in [-0.3, -0.25) is 14.2 Å². The zero-order chi connectivity index (χ0) is 14.5. The van der Waals surface area contributed by atoms with E-state index in [-0.39, 0.29) is 24.1 Å². The van der Waals surface area contributed by atoms with E-state index in [0.717, 1.165) is 10.1 Å². The van der Waals surface area contributed by atoms with Gasteiger partial charge in [-0.05, 0) is 5.56 Å². The number of halogens is 1. The molecule has 0 aliphatic carbocycles. The van der Waals surface area contributed by atoms with Gasteiger partial charge < -0.3 is 10.5 Å². The lowest BCUT2D eigenvalue weighted by molar-refractivity contribution is -0.145. The Labute approximate surface area is 119 Å². The molecule has 0 radical (unpaired) electrons. The summed E-state index contributed by atoms with van der Waals surface area (Å²) in [6, 6.07) is 9.22. The summed E-state index contributed by atoms with van der Waals surface area (Å²) in [6.07, 6.45) is 1.24. The molecular weight excluding hydrogens is 282 g/mol. The summed E-state index contributed by atoms with van der Waals surface area (Å²) >= 11 is 5.68. The maximum absolute atomic E-state index is 11.7. The average Bonchev–Trinajstić information content (AvgIpc) is 2.43. The van der Waals surface area contributed by atoms with E-state index in [9.17, 15) is 9.59 Å². The van der Waals surface area contributed by atoms with Crippen molar-refractivity contribution in [2.75, 3.05) is 5.73 Å². The first-order chi connectivity index (χ1) is 9.56. The molecule has 0 saturated heterocycles. The van der Waals surface area contributed by atoms with Crippen molar-refractivity contribution < 1.29 is 9.53 Å². The summed E-state index contributed by atoms with van der Waals surface area (Å²) in [4.78, 5) is 26.9. The van der Waals surface area contributed by atoms with Gasteiger partial charge in [-0.15, -0.1) is 0 Å². The number of benzene rings is 1. The molecule has 2 aromatic rings. The smallest absolute Gasteiger partial charge is 0.326 e. The van der Waals surface area contributed by atoms with Crippen LogP contribution >= 0.6 is 11.6 Å². The summed E-state index contributed by atoms with van der Waals surface area (Å²) in [5.41, 5.74) is 5.67. The van der Waals surface area contributed by atoms with Gasteiger partial charge in [0.05, 0.1) is 0 Å². The highest BCUT2D eigenvalue weighted by molar-refractivity contribution is 6.29. The lowest BCUT2D eigenvalue weighted by Crippen LogP contribution is -2.27. The van der Waals surface area contributed by atoms with Gasteiger partial charge in [-0.1, -0.05) is 41.9 Å². The van der Waals surface area contributed by atoms with Gasteiger partial charge in [0.25, 0.3) is 5.56 Å². The van der Waals surface area contributed by atoms with Crippen LogP contribution in [0.25, 0.3) is 0 Å². The van der Waals surface area contributed by atoms with Crippen molar-refractivity contribution in [1.29, 1.82) is 0 Å². The molecule has 6 nitrogen and oxygen atoms in total. The molecule has 2 rings (SSSR count). The molecule has 2 N–H and O–H groups in total. The third-order valence-electron chi connectivity index (χ3n) is 2.51. The summed E-state index contributed by atoms with van der Waals surface area (Å²) in [5.74, 6) is -0.814. The zero-order valence-electron chi connectivity index (χ0n) is 10.5. The van der Waals surface area contributed by atoms with Crippen LogP contribution in [0.5, 0.6) is 0 Å². The molecule has 1 aromatic heterocycles. The largest absolute Gasteiger partial charge is 0.459 e. The van der Waals surface area contributed by atoms with Crippen molar-refractivity contribution in [3.63, 3.8) is 0 Å². The van der Waals surface area contributed by atoms with E-state index in [2.05, 4.69) is 4.98 Å². The standard InChI is InChI=1S/C13H12ClN3O3/c14-10-6-17(13(19)12(15)16-10)7-11(18)20-8-9-4-2-1-3-5-9/h1-6H,7-8H2,(H2,15,16). The molecule has 7 heteroatoms. The predicted molar refractivity (Wildman–Crippen MR) is 74.2 cm³/mol.